The van der Waals surface area contributed by atoms with E-state index < -0.39 is 0 Å². The second-order valence-electron chi connectivity index (χ2n) is 6.86. The lowest BCUT2D eigenvalue weighted by Gasteiger charge is -2.25. The number of amides is 1. The zero-order chi connectivity index (χ0) is 22.4. The number of hydrogen-bond acceptors (Lipinski definition) is 7. The Labute approximate surface area is 187 Å². The molecular formula is C23H29N3O4S. The number of nitrogens with zero attached hydrogens (tertiary/aromatic N) is 3. The molecule has 8 heteroatoms. The molecule has 0 unspecified atom stereocenters. The smallest absolute Gasteiger partial charge is 0.260 e. The number of carbonyl (C=O) groups is 1. The van der Waals surface area contributed by atoms with Gasteiger partial charge in [-0.25, -0.2) is 4.98 Å². The fourth-order valence-corrected chi connectivity index (χ4v) is 4.39. The molecule has 1 heterocycles. The maximum absolute atomic E-state index is 13.7. The van der Waals surface area contributed by atoms with E-state index in [1.165, 1.54) is 25.6 Å². The summed E-state index contributed by atoms with van der Waals surface area (Å²) < 4.78 is 17.3. The Balaban J connectivity index is 2.02. The molecule has 2 aromatic carbocycles. The van der Waals surface area contributed by atoms with Crippen LogP contribution < -0.4 is 19.1 Å². The van der Waals surface area contributed by atoms with E-state index in [1.807, 2.05) is 24.3 Å². The summed E-state index contributed by atoms with van der Waals surface area (Å²) in [5.74, 6) is 1.18. The summed E-state index contributed by atoms with van der Waals surface area (Å²) in [5.41, 5.74) is 1.33. The predicted molar refractivity (Wildman–Crippen MR) is 125 cm³/mol. The third kappa shape index (κ3) is 4.91. The highest BCUT2D eigenvalue weighted by Gasteiger charge is 2.25. The van der Waals surface area contributed by atoms with Gasteiger partial charge < -0.3 is 19.1 Å². The van der Waals surface area contributed by atoms with Crippen LogP contribution in [0.4, 0.5) is 5.13 Å². The van der Waals surface area contributed by atoms with Gasteiger partial charge in [0.05, 0.1) is 31.5 Å². The van der Waals surface area contributed by atoms with Gasteiger partial charge in [0.25, 0.3) is 5.91 Å². The number of thiazole rings is 1. The van der Waals surface area contributed by atoms with Gasteiger partial charge in [-0.2, -0.15) is 0 Å². The second kappa shape index (κ2) is 10.5. The first-order valence-corrected chi connectivity index (χ1v) is 11.1. The Kier molecular flexibility index (Phi) is 7.70. The second-order valence-corrected chi connectivity index (χ2v) is 7.87. The molecule has 0 N–H and O–H groups in total. The molecule has 1 amide bonds. The van der Waals surface area contributed by atoms with Gasteiger partial charge in [-0.1, -0.05) is 37.3 Å². The Morgan fingerprint density at radius 1 is 0.968 bits per heavy atom. The van der Waals surface area contributed by atoms with E-state index in [0.717, 1.165) is 29.9 Å². The first kappa shape index (κ1) is 22.8. The van der Waals surface area contributed by atoms with Crippen molar-refractivity contribution in [1.29, 1.82) is 0 Å². The first-order valence-electron chi connectivity index (χ1n) is 10.3. The third-order valence-corrected chi connectivity index (χ3v) is 6.26. The van der Waals surface area contributed by atoms with Crippen LogP contribution in [0.15, 0.2) is 36.4 Å². The summed E-state index contributed by atoms with van der Waals surface area (Å²) in [6, 6.07) is 11.3. The van der Waals surface area contributed by atoms with Gasteiger partial charge in [0.1, 0.15) is 0 Å². The molecule has 0 aliphatic carbocycles. The molecule has 0 radical (unpaired) electrons. The Morgan fingerprint density at radius 2 is 1.61 bits per heavy atom. The standard InChI is InChI=1S/C23H29N3O4S/c1-6-25(7-2)12-13-26(23-24-17-10-8-9-11-20(17)31-23)22(27)16-14-18(28-3)21(30-5)19(15-16)29-4/h8-11,14-15H,6-7,12-13H2,1-5H3. The molecule has 0 aliphatic rings. The summed E-state index contributed by atoms with van der Waals surface area (Å²) in [6.45, 7) is 7.35. The molecule has 0 saturated carbocycles. The quantitative estimate of drug-likeness (QED) is 0.465. The molecule has 0 bridgehead atoms. The fraction of sp³-hybridized carbons (Fsp3) is 0.391. The molecule has 7 nitrogen and oxygen atoms in total. The van der Waals surface area contributed by atoms with Crippen molar-refractivity contribution in [3.63, 3.8) is 0 Å². The van der Waals surface area contributed by atoms with Crippen molar-refractivity contribution in [2.45, 2.75) is 13.8 Å². The summed E-state index contributed by atoms with van der Waals surface area (Å²) in [7, 11) is 4.62. The number of carbonyl (C=O) groups excluding carboxylic acids is 1. The van der Waals surface area contributed by atoms with Crippen molar-refractivity contribution in [3.05, 3.63) is 42.0 Å². The number of para-hydroxylation sites is 1. The Bertz CT molecular complexity index is 975. The van der Waals surface area contributed by atoms with Crippen LogP contribution in [0.1, 0.15) is 24.2 Å². The van der Waals surface area contributed by atoms with Crippen LogP contribution >= 0.6 is 11.3 Å². The van der Waals surface area contributed by atoms with E-state index in [-0.39, 0.29) is 5.91 Å². The summed E-state index contributed by atoms with van der Waals surface area (Å²) in [4.78, 5) is 22.4. The van der Waals surface area contributed by atoms with E-state index in [4.69, 9.17) is 19.2 Å². The molecule has 0 saturated heterocycles. The van der Waals surface area contributed by atoms with Crippen molar-refractivity contribution in [3.8, 4) is 17.2 Å². The van der Waals surface area contributed by atoms with Crippen LogP contribution in [0, 0.1) is 0 Å². The highest BCUT2D eigenvalue weighted by molar-refractivity contribution is 7.22. The lowest BCUT2D eigenvalue weighted by Crippen LogP contribution is -2.38. The SMILES string of the molecule is CCN(CC)CCN(C(=O)c1cc(OC)c(OC)c(OC)c1)c1nc2ccccc2s1. The van der Waals surface area contributed by atoms with Crippen LogP contribution in [-0.2, 0) is 0 Å². The molecule has 0 atom stereocenters. The number of likely N-dealkylation sites (N-methyl/N-ethyl adjacent to an activating group) is 1. The summed E-state index contributed by atoms with van der Waals surface area (Å²) in [5, 5.41) is 0.673. The third-order valence-electron chi connectivity index (χ3n) is 5.20. The Hall–Kier alpha value is -2.84. The van der Waals surface area contributed by atoms with Crippen molar-refractivity contribution in [2.24, 2.45) is 0 Å². The van der Waals surface area contributed by atoms with Crippen LogP contribution in [0.5, 0.6) is 17.2 Å². The van der Waals surface area contributed by atoms with E-state index in [1.54, 1.807) is 24.1 Å². The Morgan fingerprint density at radius 3 is 2.16 bits per heavy atom. The van der Waals surface area contributed by atoms with Gasteiger partial charge in [0.2, 0.25) is 5.75 Å². The van der Waals surface area contributed by atoms with Gasteiger partial charge in [0.15, 0.2) is 16.6 Å². The number of anilines is 1. The van der Waals surface area contributed by atoms with E-state index in [9.17, 15) is 4.79 Å². The van der Waals surface area contributed by atoms with Gasteiger partial charge in [-0.3, -0.25) is 9.69 Å². The molecule has 1 aromatic heterocycles. The zero-order valence-electron chi connectivity index (χ0n) is 18.7. The number of aromatic nitrogens is 1. The van der Waals surface area contributed by atoms with Crippen molar-refractivity contribution < 1.29 is 19.0 Å². The minimum atomic E-state index is -0.162. The number of methoxy groups -OCH3 is 3. The predicted octanol–water partition coefficient (Wildman–Crippen LogP) is 4.31. The molecule has 31 heavy (non-hydrogen) atoms. The molecule has 0 fully saturated rings. The monoisotopic (exact) mass is 443 g/mol. The number of benzene rings is 2. The van der Waals surface area contributed by atoms with Crippen molar-refractivity contribution in [2.75, 3.05) is 52.4 Å². The zero-order valence-corrected chi connectivity index (χ0v) is 19.5. The number of fused-ring (bicyclic) bond motifs is 1. The average molecular weight is 444 g/mol. The number of rotatable bonds is 10. The minimum Gasteiger partial charge on any atom is -0.493 e. The maximum atomic E-state index is 13.7. The van der Waals surface area contributed by atoms with Crippen molar-refractivity contribution in [1.82, 2.24) is 9.88 Å². The summed E-state index contributed by atoms with van der Waals surface area (Å²) in [6.07, 6.45) is 0. The molecular weight excluding hydrogens is 414 g/mol. The largest absolute Gasteiger partial charge is 0.493 e. The van der Waals surface area contributed by atoms with E-state index in [2.05, 4.69) is 18.7 Å². The average Bonchev–Trinajstić information content (AvgIpc) is 3.24. The fourth-order valence-electron chi connectivity index (χ4n) is 3.40. The highest BCUT2D eigenvalue weighted by Crippen LogP contribution is 2.39. The topological polar surface area (TPSA) is 64.1 Å². The van der Waals surface area contributed by atoms with Gasteiger partial charge >= 0.3 is 0 Å². The minimum absolute atomic E-state index is 0.162. The first-order chi connectivity index (χ1) is 15.1. The normalized spacial score (nSPS) is 11.0. The maximum Gasteiger partial charge on any atom is 0.260 e. The van der Waals surface area contributed by atoms with Gasteiger partial charge in [-0.15, -0.1) is 0 Å². The van der Waals surface area contributed by atoms with Crippen LogP contribution in [0.2, 0.25) is 0 Å². The molecule has 0 aliphatic heterocycles. The van der Waals surface area contributed by atoms with Gasteiger partial charge in [0, 0.05) is 18.7 Å². The van der Waals surface area contributed by atoms with E-state index >= 15 is 0 Å². The molecule has 3 rings (SSSR count). The number of hydrogen-bond donors (Lipinski definition) is 0. The summed E-state index contributed by atoms with van der Waals surface area (Å²) >= 11 is 1.51. The van der Waals surface area contributed by atoms with Crippen LogP contribution in [-0.4, -0.2) is 63.3 Å². The van der Waals surface area contributed by atoms with Crippen molar-refractivity contribution >= 4 is 32.6 Å². The highest BCUT2D eigenvalue weighted by atomic mass is 32.1. The van der Waals surface area contributed by atoms with E-state index in [0.29, 0.717) is 34.5 Å². The van der Waals surface area contributed by atoms with Gasteiger partial charge in [-0.05, 0) is 37.4 Å². The lowest BCUT2D eigenvalue weighted by atomic mass is 10.1. The molecule has 0 spiro atoms. The van der Waals surface area contributed by atoms with Crippen LogP contribution in [0.25, 0.3) is 10.2 Å². The molecule has 3 aromatic rings. The lowest BCUT2D eigenvalue weighted by molar-refractivity contribution is 0.0983. The molecule has 166 valence electrons. The number of ether oxygens (including phenoxy) is 3. The van der Waals surface area contributed by atoms with Crippen LogP contribution in [0.3, 0.4) is 0 Å².